The maximum Gasteiger partial charge on any atom is 0.269 e. The fraction of sp³-hybridized carbons (Fsp3) is 0. The SMILES string of the molecule is N#C/C(=C\c1ccc(-c2ccc([N+](=O)[O-])cc2)cc1)C(N)=S. The van der Waals surface area contributed by atoms with Crippen molar-refractivity contribution in [2.75, 3.05) is 0 Å². The topological polar surface area (TPSA) is 92.9 Å². The number of benzene rings is 2. The van der Waals surface area contributed by atoms with Crippen molar-refractivity contribution in [3.05, 3.63) is 69.8 Å². The molecule has 0 atom stereocenters. The van der Waals surface area contributed by atoms with Gasteiger partial charge in [0.15, 0.2) is 0 Å². The summed E-state index contributed by atoms with van der Waals surface area (Å²) in [7, 11) is 0. The molecule has 0 aliphatic heterocycles. The maximum atomic E-state index is 10.6. The van der Waals surface area contributed by atoms with Crippen LogP contribution in [0, 0.1) is 21.4 Å². The first kappa shape index (κ1) is 15.4. The van der Waals surface area contributed by atoms with Crippen molar-refractivity contribution in [3.63, 3.8) is 0 Å². The second-order valence-electron chi connectivity index (χ2n) is 4.46. The Kier molecular flexibility index (Phi) is 4.61. The number of non-ortho nitro benzene ring substituents is 1. The van der Waals surface area contributed by atoms with Crippen LogP contribution in [0.4, 0.5) is 5.69 Å². The van der Waals surface area contributed by atoms with E-state index < -0.39 is 4.92 Å². The minimum Gasteiger partial charge on any atom is -0.389 e. The number of nitrogens with two attached hydrogens (primary N) is 1. The Balaban J connectivity index is 2.27. The van der Waals surface area contributed by atoms with Gasteiger partial charge in [-0.2, -0.15) is 5.26 Å². The molecule has 0 bridgehead atoms. The number of nitro groups is 1. The molecule has 0 fully saturated rings. The molecule has 0 unspecified atom stereocenters. The molecule has 0 aliphatic carbocycles. The average Bonchev–Trinajstić information content (AvgIpc) is 2.53. The van der Waals surface area contributed by atoms with Crippen molar-refractivity contribution in [2.45, 2.75) is 0 Å². The van der Waals surface area contributed by atoms with E-state index in [-0.39, 0.29) is 16.2 Å². The molecule has 6 heteroatoms. The summed E-state index contributed by atoms with van der Waals surface area (Å²) in [6, 6.07) is 15.6. The fourth-order valence-corrected chi connectivity index (χ4v) is 1.98. The number of thiocarbonyl (C=S) groups is 1. The zero-order valence-corrected chi connectivity index (χ0v) is 12.2. The van der Waals surface area contributed by atoms with Gasteiger partial charge in [-0.25, -0.2) is 0 Å². The summed E-state index contributed by atoms with van der Waals surface area (Å²) in [5.41, 5.74) is 8.33. The van der Waals surface area contributed by atoms with Crippen LogP contribution in [0.2, 0.25) is 0 Å². The lowest BCUT2D eigenvalue weighted by molar-refractivity contribution is -0.384. The monoisotopic (exact) mass is 309 g/mol. The third-order valence-corrected chi connectivity index (χ3v) is 3.24. The van der Waals surface area contributed by atoms with Crippen LogP contribution < -0.4 is 5.73 Å². The Morgan fingerprint density at radius 3 is 2.05 bits per heavy atom. The Bertz CT molecular complexity index is 788. The van der Waals surface area contributed by atoms with Crippen molar-refractivity contribution in [1.82, 2.24) is 0 Å². The highest BCUT2D eigenvalue weighted by atomic mass is 32.1. The van der Waals surface area contributed by atoms with Gasteiger partial charge in [-0.3, -0.25) is 10.1 Å². The van der Waals surface area contributed by atoms with Gasteiger partial charge in [-0.15, -0.1) is 0 Å². The van der Waals surface area contributed by atoms with Crippen molar-refractivity contribution >= 4 is 29.0 Å². The lowest BCUT2D eigenvalue weighted by atomic mass is 10.0. The molecule has 0 heterocycles. The first-order valence-corrected chi connectivity index (χ1v) is 6.68. The van der Waals surface area contributed by atoms with Crippen LogP contribution in [0.1, 0.15) is 5.56 Å². The zero-order valence-electron chi connectivity index (χ0n) is 11.4. The van der Waals surface area contributed by atoms with Crippen LogP contribution in [-0.2, 0) is 0 Å². The molecule has 2 N–H and O–H groups in total. The zero-order chi connectivity index (χ0) is 16.1. The third-order valence-electron chi connectivity index (χ3n) is 3.02. The van der Waals surface area contributed by atoms with Crippen LogP contribution in [0.25, 0.3) is 17.2 Å². The molecule has 0 saturated heterocycles. The molecular weight excluding hydrogens is 298 g/mol. The molecule has 5 nitrogen and oxygen atoms in total. The molecule has 2 aromatic rings. The van der Waals surface area contributed by atoms with Crippen LogP contribution in [0.5, 0.6) is 0 Å². The van der Waals surface area contributed by atoms with E-state index in [1.54, 1.807) is 18.2 Å². The van der Waals surface area contributed by atoms with E-state index in [2.05, 4.69) is 0 Å². The number of nitrogens with zero attached hydrogens (tertiary/aromatic N) is 2. The molecule has 0 aliphatic rings. The fourth-order valence-electron chi connectivity index (χ4n) is 1.87. The molecule has 0 aromatic heterocycles. The summed E-state index contributed by atoms with van der Waals surface area (Å²) in [5.74, 6) is 0. The Hall–Kier alpha value is -3.04. The van der Waals surface area contributed by atoms with Crippen LogP contribution in [0.3, 0.4) is 0 Å². The summed E-state index contributed by atoms with van der Waals surface area (Å²) < 4.78 is 0. The van der Waals surface area contributed by atoms with Crippen LogP contribution >= 0.6 is 12.2 Å². The van der Waals surface area contributed by atoms with E-state index in [1.165, 1.54) is 12.1 Å². The standard InChI is InChI=1S/C16H11N3O2S/c17-10-14(16(18)22)9-11-1-3-12(4-2-11)13-5-7-15(8-6-13)19(20)21/h1-9H,(H2,18,22)/b14-9+. The van der Waals surface area contributed by atoms with Gasteiger partial charge < -0.3 is 5.73 Å². The highest BCUT2D eigenvalue weighted by Gasteiger charge is 2.05. The summed E-state index contributed by atoms with van der Waals surface area (Å²) >= 11 is 4.78. The van der Waals surface area contributed by atoms with Gasteiger partial charge in [0.2, 0.25) is 0 Å². The van der Waals surface area contributed by atoms with E-state index in [0.29, 0.717) is 0 Å². The normalized spacial score (nSPS) is 10.8. The van der Waals surface area contributed by atoms with Gasteiger partial charge in [0.1, 0.15) is 11.1 Å². The van der Waals surface area contributed by atoms with Gasteiger partial charge in [0.25, 0.3) is 5.69 Å². The maximum absolute atomic E-state index is 10.6. The molecule has 108 valence electrons. The van der Waals surface area contributed by atoms with E-state index >= 15 is 0 Å². The first-order valence-electron chi connectivity index (χ1n) is 6.28. The highest BCUT2D eigenvalue weighted by molar-refractivity contribution is 7.80. The lowest BCUT2D eigenvalue weighted by Gasteiger charge is -2.03. The summed E-state index contributed by atoms with van der Waals surface area (Å²) in [4.78, 5) is 10.3. The molecule has 0 saturated carbocycles. The van der Waals surface area contributed by atoms with Gasteiger partial charge in [-0.05, 0) is 34.9 Å². The first-order chi connectivity index (χ1) is 10.5. The molecule has 0 radical (unpaired) electrons. The lowest BCUT2D eigenvalue weighted by Crippen LogP contribution is -2.09. The second-order valence-corrected chi connectivity index (χ2v) is 4.90. The van der Waals surface area contributed by atoms with E-state index in [0.717, 1.165) is 16.7 Å². The molecular formula is C16H11N3O2S. The minimum absolute atomic E-state index is 0.0541. The predicted octanol–water partition coefficient (Wildman–Crippen LogP) is 3.45. The number of hydrogen-bond donors (Lipinski definition) is 1. The van der Waals surface area contributed by atoms with Crippen molar-refractivity contribution in [2.24, 2.45) is 5.73 Å². The summed E-state index contributed by atoms with van der Waals surface area (Å²) in [5, 5.41) is 19.6. The average molecular weight is 309 g/mol. The van der Waals surface area contributed by atoms with E-state index in [9.17, 15) is 10.1 Å². The predicted molar refractivity (Wildman–Crippen MR) is 88.9 cm³/mol. The van der Waals surface area contributed by atoms with Crippen molar-refractivity contribution in [3.8, 4) is 17.2 Å². The van der Waals surface area contributed by atoms with Gasteiger partial charge in [0.05, 0.1) is 10.5 Å². The molecule has 22 heavy (non-hydrogen) atoms. The Labute approximate surface area is 132 Å². The van der Waals surface area contributed by atoms with Crippen molar-refractivity contribution < 1.29 is 4.92 Å². The largest absolute Gasteiger partial charge is 0.389 e. The number of hydrogen-bond acceptors (Lipinski definition) is 4. The van der Waals surface area contributed by atoms with Gasteiger partial charge >= 0.3 is 0 Å². The number of nitro benzene ring substituents is 1. The number of nitriles is 1. The quantitative estimate of drug-likeness (QED) is 0.307. The van der Waals surface area contributed by atoms with Gasteiger partial charge in [-0.1, -0.05) is 36.5 Å². The van der Waals surface area contributed by atoms with Crippen molar-refractivity contribution in [1.29, 1.82) is 5.26 Å². The smallest absolute Gasteiger partial charge is 0.269 e. The molecule has 0 amide bonds. The molecule has 0 spiro atoms. The molecule has 2 aromatic carbocycles. The van der Waals surface area contributed by atoms with Crippen LogP contribution in [-0.4, -0.2) is 9.91 Å². The van der Waals surface area contributed by atoms with Crippen LogP contribution in [0.15, 0.2) is 54.1 Å². The summed E-state index contributed by atoms with van der Waals surface area (Å²) in [6.45, 7) is 0. The number of rotatable bonds is 4. The second kappa shape index (κ2) is 6.61. The van der Waals surface area contributed by atoms with E-state index in [4.69, 9.17) is 23.2 Å². The van der Waals surface area contributed by atoms with E-state index in [1.807, 2.05) is 30.3 Å². The highest BCUT2D eigenvalue weighted by Crippen LogP contribution is 2.23. The van der Waals surface area contributed by atoms with Gasteiger partial charge in [0, 0.05) is 12.1 Å². The summed E-state index contributed by atoms with van der Waals surface area (Å²) in [6.07, 6.45) is 1.61. The Morgan fingerprint density at radius 1 is 1.14 bits per heavy atom. The third kappa shape index (κ3) is 3.53. The minimum atomic E-state index is -0.434. The Morgan fingerprint density at radius 2 is 1.64 bits per heavy atom. The molecule has 2 rings (SSSR count).